The average Bonchev–Trinajstić information content (AvgIpc) is 2.82. The Morgan fingerprint density at radius 3 is 2.81 bits per heavy atom. The maximum Gasteiger partial charge on any atom is 0.318 e. The number of ether oxygens (including phenoxy) is 1. The minimum atomic E-state index is 0.0111. The zero-order chi connectivity index (χ0) is 21.4. The van der Waals surface area contributed by atoms with Crippen LogP contribution in [0.3, 0.4) is 0 Å². The van der Waals surface area contributed by atoms with E-state index in [1.165, 1.54) is 17.5 Å². The summed E-state index contributed by atoms with van der Waals surface area (Å²) in [5, 5.41) is 3.26. The third-order valence-electron chi connectivity index (χ3n) is 7.57. The topological polar surface area (TPSA) is 44.8 Å². The van der Waals surface area contributed by atoms with E-state index in [4.69, 9.17) is 4.74 Å². The second-order valence-corrected chi connectivity index (χ2v) is 9.31. The van der Waals surface area contributed by atoms with Crippen LogP contribution in [0.15, 0.2) is 48.5 Å². The van der Waals surface area contributed by atoms with Crippen molar-refractivity contribution in [2.75, 3.05) is 26.7 Å². The smallest absolute Gasteiger partial charge is 0.318 e. The molecule has 2 saturated heterocycles. The molecule has 3 aliphatic heterocycles. The van der Waals surface area contributed by atoms with Crippen LogP contribution in [0.2, 0.25) is 0 Å². The lowest BCUT2D eigenvalue weighted by Crippen LogP contribution is -2.59. The molecule has 0 spiro atoms. The minimum absolute atomic E-state index is 0.0111. The van der Waals surface area contributed by atoms with Crippen molar-refractivity contribution in [3.05, 3.63) is 65.2 Å². The number of carbonyl (C=O) groups is 1. The third-order valence-corrected chi connectivity index (χ3v) is 7.57. The highest BCUT2D eigenvalue weighted by molar-refractivity contribution is 5.75. The van der Waals surface area contributed by atoms with Gasteiger partial charge in [0.05, 0.1) is 13.2 Å². The number of nitrogens with one attached hydrogen (secondary N) is 1. The molecule has 1 N–H and O–H groups in total. The molecule has 2 amide bonds. The molecule has 0 aromatic heterocycles. The lowest BCUT2D eigenvalue weighted by molar-refractivity contribution is 0.00530. The van der Waals surface area contributed by atoms with E-state index in [2.05, 4.69) is 52.4 Å². The van der Waals surface area contributed by atoms with Crippen LogP contribution < -0.4 is 10.1 Å². The molecular formula is C26H33N3O2. The van der Waals surface area contributed by atoms with Crippen molar-refractivity contribution in [3.63, 3.8) is 0 Å². The highest BCUT2D eigenvalue weighted by Crippen LogP contribution is 2.43. The van der Waals surface area contributed by atoms with Gasteiger partial charge in [-0.15, -0.1) is 0 Å². The Morgan fingerprint density at radius 1 is 1.16 bits per heavy atom. The number of methoxy groups -OCH3 is 1. The van der Waals surface area contributed by atoms with Gasteiger partial charge < -0.3 is 15.0 Å². The Kier molecular flexibility index (Phi) is 5.61. The molecule has 1 unspecified atom stereocenters. The van der Waals surface area contributed by atoms with E-state index in [-0.39, 0.29) is 12.1 Å². The molecule has 3 aliphatic rings. The molecule has 0 bridgehead atoms. The lowest BCUT2D eigenvalue weighted by atomic mass is 9.76. The Hall–Kier alpha value is -2.53. The van der Waals surface area contributed by atoms with Gasteiger partial charge in [0.25, 0.3) is 0 Å². The van der Waals surface area contributed by atoms with Crippen LogP contribution in [0.5, 0.6) is 5.75 Å². The van der Waals surface area contributed by atoms with Crippen molar-refractivity contribution >= 4 is 6.03 Å². The predicted molar refractivity (Wildman–Crippen MR) is 122 cm³/mol. The van der Waals surface area contributed by atoms with E-state index in [1.54, 1.807) is 7.11 Å². The maximum absolute atomic E-state index is 13.3. The van der Waals surface area contributed by atoms with E-state index >= 15 is 0 Å². The molecule has 2 fully saturated rings. The Morgan fingerprint density at radius 2 is 2.00 bits per heavy atom. The van der Waals surface area contributed by atoms with E-state index in [0.717, 1.165) is 50.2 Å². The highest BCUT2D eigenvalue weighted by Gasteiger charge is 2.44. The first-order valence-corrected chi connectivity index (χ1v) is 11.7. The zero-order valence-electron chi connectivity index (χ0n) is 18.6. The fourth-order valence-corrected chi connectivity index (χ4v) is 5.91. The second-order valence-electron chi connectivity index (χ2n) is 9.31. The third kappa shape index (κ3) is 3.91. The summed E-state index contributed by atoms with van der Waals surface area (Å²) in [6.45, 7) is 5.13. The van der Waals surface area contributed by atoms with Gasteiger partial charge in [-0.1, -0.05) is 36.4 Å². The number of carbonyl (C=O) groups excluding carboxylic acids is 1. The van der Waals surface area contributed by atoms with Gasteiger partial charge in [-0.2, -0.15) is 0 Å². The van der Waals surface area contributed by atoms with Gasteiger partial charge in [0, 0.05) is 31.7 Å². The summed E-state index contributed by atoms with van der Waals surface area (Å²) in [4.78, 5) is 18.1. The Bertz CT molecular complexity index is 932. The fraction of sp³-hybridized carbons (Fsp3) is 0.500. The van der Waals surface area contributed by atoms with Crippen LogP contribution >= 0.6 is 0 Å². The van der Waals surface area contributed by atoms with Gasteiger partial charge in [-0.3, -0.25) is 4.90 Å². The van der Waals surface area contributed by atoms with Crippen LogP contribution in [0.1, 0.15) is 55.0 Å². The largest absolute Gasteiger partial charge is 0.497 e. The summed E-state index contributed by atoms with van der Waals surface area (Å²) in [5.41, 5.74) is 3.98. The number of piperidine rings is 2. The summed E-state index contributed by atoms with van der Waals surface area (Å²) in [6, 6.07) is 17.6. The number of urea groups is 1. The molecule has 2 aromatic carbocycles. The van der Waals surface area contributed by atoms with Gasteiger partial charge in [0.15, 0.2) is 0 Å². The van der Waals surface area contributed by atoms with Gasteiger partial charge in [0.1, 0.15) is 5.75 Å². The van der Waals surface area contributed by atoms with Gasteiger partial charge in [-0.05, 0) is 67.3 Å². The quantitative estimate of drug-likeness (QED) is 0.794. The first kappa shape index (κ1) is 20.4. The van der Waals surface area contributed by atoms with Crippen molar-refractivity contribution < 1.29 is 9.53 Å². The van der Waals surface area contributed by atoms with Crippen LogP contribution in [0.4, 0.5) is 4.79 Å². The van der Waals surface area contributed by atoms with Crippen LogP contribution in [0, 0.1) is 5.92 Å². The molecule has 4 atom stereocenters. The van der Waals surface area contributed by atoms with Crippen molar-refractivity contribution in [3.8, 4) is 5.75 Å². The summed E-state index contributed by atoms with van der Waals surface area (Å²) >= 11 is 0. The van der Waals surface area contributed by atoms with Crippen molar-refractivity contribution in [1.82, 2.24) is 15.1 Å². The maximum atomic E-state index is 13.3. The zero-order valence-corrected chi connectivity index (χ0v) is 18.6. The van der Waals surface area contributed by atoms with Crippen molar-refractivity contribution in [1.29, 1.82) is 0 Å². The highest BCUT2D eigenvalue weighted by atomic mass is 16.5. The van der Waals surface area contributed by atoms with Crippen LogP contribution in [0.25, 0.3) is 0 Å². The first-order valence-electron chi connectivity index (χ1n) is 11.7. The van der Waals surface area contributed by atoms with Crippen molar-refractivity contribution in [2.24, 2.45) is 5.92 Å². The van der Waals surface area contributed by atoms with Crippen molar-refractivity contribution in [2.45, 2.75) is 50.7 Å². The molecule has 0 aliphatic carbocycles. The fourth-order valence-electron chi connectivity index (χ4n) is 5.91. The number of hydrogen-bond acceptors (Lipinski definition) is 3. The van der Waals surface area contributed by atoms with Gasteiger partial charge >= 0.3 is 6.03 Å². The Balaban J connectivity index is 1.34. The lowest BCUT2D eigenvalue weighted by Gasteiger charge is -2.52. The number of amides is 2. The average molecular weight is 420 g/mol. The molecule has 0 saturated carbocycles. The standard InChI is InChI=1S/C26H33N3O2/c1-18(19-7-4-3-5-8-19)27-26(30)29-13-6-9-21-17-28-14-12-20-15-22(31-2)10-11-23(20)25(28)16-24(21)29/h3-5,7-8,10-11,15,18,21,24-25H,6,9,12-14,16-17H2,1-2H3,(H,27,30)/t18?,21-,24+,25+/m1/s1. The van der Waals surface area contributed by atoms with E-state index in [9.17, 15) is 4.79 Å². The summed E-state index contributed by atoms with van der Waals surface area (Å²) in [6.07, 6.45) is 4.43. The molecule has 2 aromatic rings. The van der Waals surface area contributed by atoms with Crippen LogP contribution in [-0.2, 0) is 6.42 Å². The number of likely N-dealkylation sites (tertiary alicyclic amines) is 1. The van der Waals surface area contributed by atoms with E-state index < -0.39 is 0 Å². The number of fused-ring (bicyclic) bond motifs is 4. The van der Waals surface area contributed by atoms with E-state index in [1.807, 2.05) is 18.2 Å². The number of rotatable bonds is 3. The molecular weight excluding hydrogens is 386 g/mol. The minimum Gasteiger partial charge on any atom is -0.497 e. The summed E-state index contributed by atoms with van der Waals surface area (Å²) in [7, 11) is 1.73. The first-order chi connectivity index (χ1) is 15.1. The molecule has 5 rings (SSSR count). The second kappa shape index (κ2) is 8.54. The van der Waals surface area contributed by atoms with Gasteiger partial charge in [-0.25, -0.2) is 4.79 Å². The summed E-state index contributed by atoms with van der Waals surface area (Å²) in [5.74, 6) is 1.51. The number of benzene rings is 2. The molecule has 5 heteroatoms. The molecule has 164 valence electrons. The predicted octanol–water partition coefficient (Wildman–Crippen LogP) is 4.55. The van der Waals surface area contributed by atoms with E-state index in [0.29, 0.717) is 18.0 Å². The normalized spacial score (nSPS) is 26.3. The number of nitrogens with zero attached hydrogens (tertiary/aromatic N) is 2. The van der Waals surface area contributed by atoms with Gasteiger partial charge in [0.2, 0.25) is 0 Å². The van der Waals surface area contributed by atoms with Crippen LogP contribution in [-0.4, -0.2) is 48.6 Å². The SMILES string of the molecule is COc1ccc2c(c1)CCN1C[C@H]3CCCN(C(=O)NC(C)c4ccccc4)[C@H]3C[C@@H]21. The molecule has 5 nitrogen and oxygen atoms in total. The molecule has 3 heterocycles. The number of hydrogen-bond donors (Lipinski definition) is 1. The molecule has 0 radical (unpaired) electrons. The summed E-state index contributed by atoms with van der Waals surface area (Å²) < 4.78 is 5.45. The molecule has 31 heavy (non-hydrogen) atoms. The monoisotopic (exact) mass is 419 g/mol. The Labute approximate surface area is 185 Å².